The Morgan fingerprint density at radius 1 is 0.959 bits per heavy atom. The number of carbonyl (C=O) groups is 6. The molecule has 0 spiro atoms. The second kappa shape index (κ2) is 15.1. The molecule has 3 unspecified atom stereocenters. The van der Waals surface area contributed by atoms with Gasteiger partial charge >= 0.3 is 12.1 Å². The highest BCUT2D eigenvalue weighted by atomic mass is 19.3. The number of Topliss-reactive ketones (excluding diaryl/α,β-unsaturated/α-hetero) is 1. The van der Waals surface area contributed by atoms with Gasteiger partial charge in [0.05, 0.1) is 12.5 Å². The number of allylic oxidation sites excluding steroid dienone is 1. The fraction of sp³-hybridized carbons (Fsp3) is 0.771. The molecule has 14 heteroatoms. The average Bonchev–Trinajstić information content (AvgIpc) is 3.27. The first kappa shape index (κ1) is 39.9. The van der Waals surface area contributed by atoms with Crippen LogP contribution in [0.5, 0.6) is 0 Å². The van der Waals surface area contributed by atoms with Gasteiger partial charge in [-0.1, -0.05) is 19.9 Å². The first-order valence-electron chi connectivity index (χ1n) is 17.1. The number of hydrogen-bond acceptors (Lipinski definition) is 8. The van der Waals surface area contributed by atoms with E-state index in [2.05, 4.69) is 22.5 Å². The van der Waals surface area contributed by atoms with Crippen LogP contribution in [0.1, 0.15) is 100 Å². The number of hydrogen-bond donors (Lipinski definition) is 3. The second-order valence-electron chi connectivity index (χ2n) is 16.1. The summed E-state index contributed by atoms with van der Waals surface area (Å²) in [7, 11) is 0. The first-order chi connectivity index (χ1) is 22.5. The van der Waals surface area contributed by atoms with Crippen LogP contribution in [-0.4, -0.2) is 88.8 Å². The highest BCUT2D eigenvalue weighted by molar-refractivity contribution is 6.38. The van der Waals surface area contributed by atoms with Crippen molar-refractivity contribution >= 4 is 35.6 Å². The van der Waals surface area contributed by atoms with Gasteiger partial charge in [-0.2, -0.15) is 0 Å². The summed E-state index contributed by atoms with van der Waals surface area (Å²) < 4.78 is 38.8. The highest BCUT2D eigenvalue weighted by Crippen LogP contribution is 2.65. The van der Waals surface area contributed by atoms with Crippen molar-refractivity contribution in [3.8, 4) is 0 Å². The molecule has 49 heavy (non-hydrogen) atoms. The molecule has 2 aliphatic carbocycles. The SMILES string of the molecule is C=CCC[C@H](NC(=O)C1C2C(CN1C(=O)[C@@H](NC(=O)OC(C)(C)C)C1CCC(F)(F)CC1)C2(C)C)C(=O)C(=O)NCCC(=O)OC(C)(C)C. The Bertz CT molecular complexity index is 1300. The van der Waals surface area contributed by atoms with E-state index >= 15 is 0 Å². The van der Waals surface area contributed by atoms with Crippen molar-refractivity contribution in [3.63, 3.8) is 0 Å². The van der Waals surface area contributed by atoms with Crippen LogP contribution in [0.25, 0.3) is 0 Å². The van der Waals surface area contributed by atoms with Gasteiger partial charge in [-0.15, -0.1) is 6.58 Å². The molecule has 5 atom stereocenters. The quantitative estimate of drug-likeness (QED) is 0.148. The summed E-state index contributed by atoms with van der Waals surface area (Å²) in [6.45, 7) is 17.8. The summed E-state index contributed by atoms with van der Waals surface area (Å²) >= 11 is 0. The van der Waals surface area contributed by atoms with Crippen LogP contribution in [0.3, 0.4) is 0 Å². The van der Waals surface area contributed by atoms with Gasteiger partial charge in [-0.05, 0) is 90.4 Å². The van der Waals surface area contributed by atoms with E-state index in [-0.39, 0.29) is 56.0 Å². The van der Waals surface area contributed by atoms with Gasteiger partial charge < -0.3 is 30.3 Å². The molecule has 3 fully saturated rings. The molecular weight excluding hydrogens is 642 g/mol. The Labute approximate surface area is 287 Å². The van der Waals surface area contributed by atoms with Gasteiger partial charge in [0.2, 0.25) is 23.5 Å². The lowest BCUT2D eigenvalue weighted by Gasteiger charge is -2.38. The van der Waals surface area contributed by atoms with E-state index in [0.717, 1.165) is 0 Å². The smallest absolute Gasteiger partial charge is 0.408 e. The zero-order valence-electron chi connectivity index (χ0n) is 30.1. The summed E-state index contributed by atoms with van der Waals surface area (Å²) in [6, 6.07) is -3.49. The van der Waals surface area contributed by atoms with Crippen LogP contribution in [0.4, 0.5) is 13.6 Å². The molecule has 1 aliphatic heterocycles. The van der Waals surface area contributed by atoms with Gasteiger partial charge in [0, 0.05) is 25.9 Å². The number of amides is 4. The first-order valence-corrected chi connectivity index (χ1v) is 17.1. The number of esters is 1. The van der Waals surface area contributed by atoms with E-state index < -0.39 is 89.6 Å². The fourth-order valence-corrected chi connectivity index (χ4v) is 6.93. The molecule has 276 valence electrons. The Kier molecular flexibility index (Phi) is 12.3. The number of ketones is 1. The molecule has 3 aliphatic rings. The van der Waals surface area contributed by atoms with Crippen molar-refractivity contribution in [1.82, 2.24) is 20.9 Å². The average molecular weight is 697 g/mol. The van der Waals surface area contributed by atoms with Crippen LogP contribution in [0, 0.1) is 23.2 Å². The molecule has 2 saturated carbocycles. The van der Waals surface area contributed by atoms with Crippen molar-refractivity contribution in [2.24, 2.45) is 23.2 Å². The standard InChI is InChI=1S/C35H54F2N4O8/c1-10-11-12-22(27(43)29(45)38-18-15-23(42)48-32(2,3)4)39-28(44)26-24-21(34(24,8)9)19-41(26)30(46)25(40-31(47)49-33(5,6)7)20-13-16-35(36,37)17-14-20/h10,20-22,24-26H,1,11-19H2,2-9H3,(H,38,45)(H,39,44)(H,40,47)/t21?,22-,24?,25-,26?/m0/s1. The summed E-state index contributed by atoms with van der Waals surface area (Å²) in [4.78, 5) is 80.6. The number of piperidine rings is 1. The monoisotopic (exact) mass is 696 g/mol. The number of rotatable bonds is 13. The lowest BCUT2D eigenvalue weighted by Crippen LogP contribution is -2.60. The molecular formula is C35H54F2N4O8. The number of carbonyl (C=O) groups excluding carboxylic acids is 6. The number of nitrogens with zero attached hydrogens (tertiary/aromatic N) is 1. The Balaban J connectivity index is 1.80. The second-order valence-corrected chi connectivity index (χ2v) is 16.1. The van der Waals surface area contributed by atoms with Gasteiger partial charge in [-0.3, -0.25) is 24.0 Å². The molecule has 0 bridgehead atoms. The predicted octanol–water partition coefficient (Wildman–Crippen LogP) is 4.06. The highest BCUT2D eigenvalue weighted by Gasteiger charge is 2.70. The van der Waals surface area contributed by atoms with Crippen molar-refractivity contribution in [1.29, 1.82) is 0 Å². The van der Waals surface area contributed by atoms with Crippen molar-refractivity contribution < 1.29 is 47.0 Å². The van der Waals surface area contributed by atoms with E-state index in [1.807, 2.05) is 13.8 Å². The third-order valence-corrected chi connectivity index (χ3v) is 9.48. The molecule has 3 rings (SSSR count). The number of ether oxygens (including phenoxy) is 2. The molecule has 0 aromatic carbocycles. The van der Waals surface area contributed by atoms with E-state index in [1.165, 1.54) is 4.90 Å². The minimum absolute atomic E-state index is 0.0105. The van der Waals surface area contributed by atoms with E-state index in [0.29, 0.717) is 6.42 Å². The number of alkyl halides is 2. The van der Waals surface area contributed by atoms with Crippen LogP contribution < -0.4 is 16.0 Å². The lowest BCUT2D eigenvalue weighted by molar-refractivity contribution is -0.154. The third kappa shape index (κ3) is 10.7. The van der Waals surface area contributed by atoms with E-state index in [4.69, 9.17) is 9.47 Å². The maximum Gasteiger partial charge on any atom is 0.408 e. The molecule has 4 amide bonds. The molecule has 1 saturated heterocycles. The van der Waals surface area contributed by atoms with Crippen LogP contribution in [0.2, 0.25) is 0 Å². The number of alkyl carbamates (subject to hydrolysis) is 1. The summed E-state index contributed by atoms with van der Waals surface area (Å²) in [5, 5.41) is 7.72. The Morgan fingerprint density at radius 3 is 2.10 bits per heavy atom. The maximum atomic E-state index is 14.3. The maximum absolute atomic E-state index is 14.3. The largest absolute Gasteiger partial charge is 0.460 e. The van der Waals surface area contributed by atoms with Gasteiger partial charge in [0.15, 0.2) is 0 Å². The minimum atomic E-state index is -2.87. The molecule has 0 aromatic rings. The molecule has 3 N–H and O–H groups in total. The summed E-state index contributed by atoms with van der Waals surface area (Å²) in [5.74, 6) is -7.49. The topological polar surface area (TPSA) is 160 Å². The lowest BCUT2D eigenvalue weighted by atomic mass is 9.81. The Morgan fingerprint density at radius 2 is 1.55 bits per heavy atom. The number of likely N-dealkylation sites (tertiary alicyclic amines) is 1. The van der Waals surface area contributed by atoms with E-state index in [9.17, 15) is 37.5 Å². The molecule has 12 nitrogen and oxygen atoms in total. The van der Waals surface area contributed by atoms with Crippen LogP contribution in [0.15, 0.2) is 12.7 Å². The zero-order chi connectivity index (χ0) is 37.1. The van der Waals surface area contributed by atoms with Gasteiger partial charge in [0.25, 0.3) is 5.91 Å². The Hall–Kier alpha value is -3.58. The fourth-order valence-electron chi connectivity index (χ4n) is 6.93. The van der Waals surface area contributed by atoms with E-state index in [1.54, 1.807) is 47.6 Å². The molecule has 0 radical (unpaired) electrons. The third-order valence-electron chi connectivity index (χ3n) is 9.48. The normalized spacial score (nSPS) is 24.0. The number of halogens is 2. The van der Waals surface area contributed by atoms with Crippen LogP contribution in [-0.2, 0) is 33.4 Å². The van der Waals surface area contributed by atoms with Crippen molar-refractivity contribution in [2.45, 2.75) is 136 Å². The summed E-state index contributed by atoms with van der Waals surface area (Å²) in [6.07, 6.45) is -0.0351. The number of nitrogens with one attached hydrogen (secondary N) is 3. The minimum Gasteiger partial charge on any atom is -0.460 e. The summed E-state index contributed by atoms with van der Waals surface area (Å²) in [5.41, 5.74) is -1.90. The molecule has 1 heterocycles. The van der Waals surface area contributed by atoms with Gasteiger partial charge in [0.1, 0.15) is 23.3 Å². The van der Waals surface area contributed by atoms with Gasteiger partial charge in [-0.25, -0.2) is 13.6 Å². The number of fused-ring (bicyclic) bond motifs is 1. The zero-order valence-corrected chi connectivity index (χ0v) is 30.1. The van der Waals surface area contributed by atoms with Crippen LogP contribution >= 0.6 is 0 Å². The van der Waals surface area contributed by atoms with Crippen molar-refractivity contribution in [2.75, 3.05) is 13.1 Å². The molecule has 0 aromatic heterocycles. The van der Waals surface area contributed by atoms with Crippen molar-refractivity contribution in [3.05, 3.63) is 12.7 Å². The predicted molar refractivity (Wildman–Crippen MR) is 176 cm³/mol.